The van der Waals surface area contributed by atoms with Crippen LogP contribution in [0.4, 0.5) is 0 Å². The number of guanidine groups is 1. The first-order valence-corrected chi connectivity index (χ1v) is 6.56. The van der Waals surface area contributed by atoms with E-state index in [4.69, 9.17) is 16.6 Å². The molecule has 0 heterocycles. The third kappa shape index (κ3) is 14.1. The number of carbonyl (C=O) groups is 2. The number of rotatable bonds is 11. The zero-order valence-electron chi connectivity index (χ0n) is 11.2. The van der Waals surface area contributed by atoms with E-state index in [-0.39, 0.29) is 18.3 Å². The van der Waals surface area contributed by atoms with Crippen molar-refractivity contribution in [1.82, 2.24) is 5.32 Å². The number of nitrogens with two attached hydrogens (primary N) is 2. The van der Waals surface area contributed by atoms with Crippen molar-refractivity contribution < 1.29 is 14.7 Å². The molecule has 0 bridgehead atoms. The molecule has 0 atom stereocenters. The van der Waals surface area contributed by atoms with E-state index in [9.17, 15) is 9.59 Å². The largest absolute Gasteiger partial charge is 0.481 e. The normalized spacial score (nSPS) is 9.89. The van der Waals surface area contributed by atoms with Gasteiger partial charge in [0, 0.05) is 25.9 Å². The Kier molecular flexibility index (Phi) is 10.2. The summed E-state index contributed by atoms with van der Waals surface area (Å²) in [6.45, 7) is 1.08. The number of nitrogens with zero attached hydrogens (tertiary/aromatic N) is 1. The third-order valence-corrected chi connectivity index (χ3v) is 2.50. The van der Waals surface area contributed by atoms with Crippen molar-refractivity contribution in [3.8, 4) is 0 Å². The first kappa shape index (κ1) is 17.2. The molecule has 0 aliphatic rings. The van der Waals surface area contributed by atoms with Crippen LogP contribution in [0.5, 0.6) is 0 Å². The lowest BCUT2D eigenvalue weighted by atomic mass is 10.1. The minimum atomic E-state index is -0.765. The molecule has 0 spiro atoms. The smallest absolute Gasteiger partial charge is 0.303 e. The molecule has 0 unspecified atom stereocenters. The van der Waals surface area contributed by atoms with E-state index in [2.05, 4.69) is 10.3 Å². The lowest BCUT2D eigenvalue weighted by Crippen LogP contribution is -2.26. The molecule has 0 aromatic carbocycles. The zero-order chi connectivity index (χ0) is 14.5. The van der Waals surface area contributed by atoms with E-state index in [0.717, 1.165) is 19.3 Å². The van der Waals surface area contributed by atoms with Crippen LogP contribution in [-0.2, 0) is 9.59 Å². The number of amides is 1. The molecule has 1 amide bonds. The van der Waals surface area contributed by atoms with Crippen LogP contribution in [-0.4, -0.2) is 36.0 Å². The highest BCUT2D eigenvalue weighted by atomic mass is 16.4. The van der Waals surface area contributed by atoms with E-state index in [1.807, 2.05) is 0 Å². The molecule has 6 N–H and O–H groups in total. The maximum Gasteiger partial charge on any atom is 0.303 e. The van der Waals surface area contributed by atoms with Crippen molar-refractivity contribution in [3.63, 3.8) is 0 Å². The first-order chi connectivity index (χ1) is 9.02. The lowest BCUT2D eigenvalue weighted by Gasteiger charge is -2.04. The number of carboxylic acids is 1. The summed E-state index contributed by atoms with van der Waals surface area (Å²) in [5, 5.41) is 11.2. The summed E-state index contributed by atoms with van der Waals surface area (Å²) in [5.74, 6) is -0.686. The number of carboxylic acid groups (broad SMARTS) is 1. The Labute approximate surface area is 113 Å². The molecule has 110 valence electrons. The maximum absolute atomic E-state index is 11.4. The summed E-state index contributed by atoms with van der Waals surface area (Å²) < 4.78 is 0. The second kappa shape index (κ2) is 11.3. The minimum absolute atomic E-state index is 0.0166. The highest BCUT2D eigenvalue weighted by Gasteiger charge is 2.01. The van der Waals surface area contributed by atoms with Gasteiger partial charge in [-0.25, -0.2) is 0 Å². The molecule has 0 saturated carbocycles. The van der Waals surface area contributed by atoms with Crippen LogP contribution in [0.1, 0.15) is 44.9 Å². The molecule has 0 rings (SSSR count). The van der Waals surface area contributed by atoms with E-state index in [1.165, 1.54) is 0 Å². The van der Waals surface area contributed by atoms with Crippen LogP contribution in [0.15, 0.2) is 4.99 Å². The Bertz CT molecular complexity index is 301. The Hall–Kier alpha value is -1.79. The molecule has 7 heteroatoms. The molecule has 0 saturated heterocycles. The Balaban J connectivity index is 3.30. The molecule has 7 nitrogen and oxygen atoms in total. The van der Waals surface area contributed by atoms with Gasteiger partial charge in [0.25, 0.3) is 0 Å². The van der Waals surface area contributed by atoms with Gasteiger partial charge in [-0.1, -0.05) is 12.8 Å². The minimum Gasteiger partial charge on any atom is -0.481 e. The summed E-state index contributed by atoms with van der Waals surface area (Å²) in [6.07, 6.45) is 4.60. The summed E-state index contributed by atoms with van der Waals surface area (Å²) in [4.78, 5) is 25.5. The van der Waals surface area contributed by atoms with Gasteiger partial charge in [-0.05, 0) is 19.3 Å². The molecule has 19 heavy (non-hydrogen) atoms. The van der Waals surface area contributed by atoms with Gasteiger partial charge >= 0.3 is 5.97 Å². The molecule has 0 aliphatic heterocycles. The van der Waals surface area contributed by atoms with E-state index < -0.39 is 5.97 Å². The average Bonchev–Trinajstić information content (AvgIpc) is 2.32. The standard InChI is InChI=1S/C12H24N4O3/c13-12(14)16-9-5-8-15-10(17)6-3-1-2-4-7-11(18)19/h1-9H2,(H,15,17)(H,18,19)(H4,13,14,16). The average molecular weight is 272 g/mol. The van der Waals surface area contributed by atoms with E-state index in [0.29, 0.717) is 32.4 Å². The zero-order valence-corrected chi connectivity index (χ0v) is 11.2. The van der Waals surface area contributed by atoms with Crippen molar-refractivity contribution in [2.45, 2.75) is 44.9 Å². The van der Waals surface area contributed by atoms with E-state index >= 15 is 0 Å². The van der Waals surface area contributed by atoms with Crippen molar-refractivity contribution in [2.75, 3.05) is 13.1 Å². The van der Waals surface area contributed by atoms with Crippen LogP contribution < -0.4 is 16.8 Å². The Morgan fingerprint density at radius 2 is 1.63 bits per heavy atom. The van der Waals surface area contributed by atoms with E-state index in [1.54, 1.807) is 0 Å². The molecular formula is C12H24N4O3. The summed E-state index contributed by atoms with van der Waals surface area (Å²) in [5.41, 5.74) is 10.3. The van der Waals surface area contributed by atoms with Crippen molar-refractivity contribution in [3.05, 3.63) is 0 Å². The highest BCUT2D eigenvalue weighted by molar-refractivity contribution is 5.76. The second-order valence-electron chi connectivity index (χ2n) is 4.32. The van der Waals surface area contributed by atoms with Gasteiger partial charge in [-0.3, -0.25) is 14.6 Å². The van der Waals surface area contributed by atoms with Crippen LogP contribution >= 0.6 is 0 Å². The van der Waals surface area contributed by atoms with Gasteiger partial charge < -0.3 is 21.9 Å². The predicted octanol–water partition coefficient (Wildman–Crippen LogP) is 0.191. The van der Waals surface area contributed by atoms with Gasteiger partial charge in [-0.15, -0.1) is 0 Å². The fourth-order valence-corrected chi connectivity index (χ4v) is 1.52. The fraction of sp³-hybridized carbons (Fsp3) is 0.750. The van der Waals surface area contributed by atoms with Crippen molar-refractivity contribution in [2.24, 2.45) is 16.5 Å². The van der Waals surface area contributed by atoms with Crippen LogP contribution in [0.3, 0.4) is 0 Å². The summed E-state index contributed by atoms with van der Waals surface area (Å²) in [7, 11) is 0. The quantitative estimate of drug-likeness (QED) is 0.242. The number of nitrogens with one attached hydrogen (secondary N) is 1. The fourth-order valence-electron chi connectivity index (χ4n) is 1.52. The summed E-state index contributed by atoms with van der Waals surface area (Å²) in [6, 6.07) is 0. The molecular weight excluding hydrogens is 248 g/mol. The number of carbonyl (C=O) groups excluding carboxylic acids is 1. The van der Waals surface area contributed by atoms with Gasteiger partial charge in [0.05, 0.1) is 0 Å². The highest BCUT2D eigenvalue weighted by Crippen LogP contribution is 2.05. The topological polar surface area (TPSA) is 131 Å². The molecule has 0 aromatic rings. The number of aliphatic imine (C=N–C) groups is 1. The maximum atomic E-state index is 11.4. The predicted molar refractivity (Wildman–Crippen MR) is 73.6 cm³/mol. The number of hydrogen-bond acceptors (Lipinski definition) is 3. The SMILES string of the molecule is NC(N)=NCCCNC(=O)CCCCCCC(=O)O. The number of aliphatic carboxylic acids is 1. The van der Waals surface area contributed by atoms with Gasteiger partial charge in [-0.2, -0.15) is 0 Å². The third-order valence-electron chi connectivity index (χ3n) is 2.50. The Morgan fingerprint density at radius 3 is 2.21 bits per heavy atom. The molecule has 0 aliphatic carbocycles. The number of hydrogen-bond donors (Lipinski definition) is 4. The first-order valence-electron chi connectivity index (χ1n) is 6.56. The molecule has 0 radical (unpaired) electrons. The van der Waals surface area contributed by atoms with Gasteiger partial charge in [0.15, 0.2) is 5.96 Å². The van der Waals surface area contributed by atoms with Crippen LogP contribution in [0.25, 0.3) is 0 Å². The Morgan fingerprint density at radius 1 is 1.00 bits per heavy atom. The molecule has 0 fully saturated rings. The van der Waals surface area contributed by atoms with Crippen molar-refractivity contribution >= 4 is 17.8 Å². The van der Waals surface area contributed by atoms with Crippen LogP contribution in [0, 0.1) is 0 Å². The van der Waals surface area contributed by atoms with Crippen molar-refractivity contribution in [1.29, 1.82) is 0 Å². The number of unbranched alkanes of at least 4 members (excludes halogenated alkanes) is 3. The summed E-state index contributed by atoms with van der Waals surface area (Å²) >= 11 is 0. The molecule has 0 aromatic heterocycles. The van der Waals surface area contributed by atoms with Gasteiger partial charge in [0.2, 0.25) is 5.91 Å². The second-order valence-corrected chi connectivity index (χ2v) is 4.32. The van der Waals surface area contributed by atoms with Crippen LogP contribution in [0.2, 0.25) is 0 Å². The lowest BCUT2D eigenvalue weighted by molar-refractivity contribution is -0.137. The van der Waals surface area contributed by atoms with Gasteiger partial charge in [0.1, 0.15) is 0 Å². The monoisotopic (exact) mass is 272 g/mol.